The van der Waals surface area contributed by atoms with E-state index in [9.17, 15) is 0 Å². The first-order valence-electron chi connectivity index (χ1n) is 2.37. The Morgan fingerprint density at radius 3 is 2.11 bits per heavy atom. The van der Waals surface area contributed by atoms with Gasteiger partial charge in [-0.1, -0.05) is 11.6 Å². The van der Waals surface area contributed by atoms with Crippen LogP contribution < -0.4 is 4.29 Å². The zero-order chi connectivity index (χ0) is 6.69. The number of hydrogen-bond donors (Lipinski definition) is 0. The smallest absolute Gasteiger partial charge is 0.146 e. The molecule has 0 N–H and O–H groups in total. The van der Waals surface area contributed by atoms with E-state index in [1.54, 1.807) is 24.3 Å². The zero-order valence-corrected chi connectivity index (χ0v) is 5.99. The molecule has 1 aromatic rings. The fourth-order valence-corrected chi connectivity index (χ4v) is 0.715. The van der Waals surface area contributed by atoms with Crippen molar-refractivity contribution in [3.05, 3.63) is 29.3 Å². The van der Waals surface area contributed by atoms with Crippen molar-refractivity contribution >= 4 is 23.5 Å². The Balaban J connectivity index is 2.88. The molecule has 0 bridgehead atoms. The van der Waals surface area contributed by atoms with Gasteiger partial charge in [0, 0.05) is 5.02 Å². The summed E-state index contributed by atoms with van der Waals surface area (Å²) in [7, 11) is 0. The molecule has 0 spiro atoms. The average molecular weight is 163 g/mol. The summed E-state index contributed by atoms with van der Waals surface area (Å²) in [6, 6.07) is 6.79. The van der Waals surface area contributed by atoms with Crippen LogP contribution in [0, 0.1) is 0 Å². The minimum absolute atomic E-state index is 0.598. The van der Waals surface area contributed by atoms with E-state index in [4.69, 9.17) is 23.5 Å². The first kappa shape index (κ1) is 6.72. The summed E-state index contributed by atoms with van der Waals surface area (Å²) < 4.78 is 4.38. The van der Waals surface area contributed by atoms with Crippen LogP contribution in [-0.2, 0) is 0 Å². The molecule has 0 aromatic heterocycles. The van der Waals surface area contributed by atoms with Gasteiger partial charge in [0.25, 0.3) is 0 Å². The molecule has 0 aliphatic carbocycles. The lowest BCUT2D eigenvalue weighted by Gasteiger charge is -1.92. The summed E-state index contributed by atoms with van der Waals surface area (Å²) in [4.78, 5) is 0. The van der Waals surface area contributed by atoms with Gasteiger partial charge in [-0.25, -0.2) is 0 Å². The van der Waals surface area contributed by atoms with Crippen molar-refractivity contribution in [1.82, 2.24) is 0 Å². The molecule has 0 amide bonds. The number of hydrogen-bond acceptors (Lipinski definition) is 1. The highest BCUT2D eigenvalue weighted by atomic mass is 35.5. The van der Waals surface area contributed by atoms with E-state index in [0.29, 0.717) is 10.8 Å². The molecule has 0 atom stereocenters. The second kappa shape index (κ2) is 2.95. The maximum absolute atomic E-state index is 5.57. The van der Waals surface area contributed by atoms with Gasteiger partial charge in [-0.15, -0.1) is 0 Å². The fourth-order valence-electron chi connectivity index (χ4n) is 0.486. The Bertz CT molecular complexity index is 183. The standard InChI is InChI=1S/C6H4Cl2O/c7-5-1-3-6(9-8)4-2-5/h1-4H. The third kappa shape index (κ3) is 1.77. The third-order valence-electron chi connectivity index (χ3n) is 0.903. The number of rotatable bonds is 1. The molecule has 0 fully saturated rings. The van der Waals surface area contributed by atoms with Crippen molar-refractivity contribution in [3.63, 3.8) is 0 Å². The quantitative estimate of drug-likeness (QED) is 0.618. The molecule has 0 aliphatic heterocycles. The van der Waals surface area contributed by atoms with Crippen LogP contribution in [0.2, 0.25) is 5.02 Å². The van der Waals surface area contributed by atoms with Crippen molar-refractivity contribution in [1.29, 1.82) is 0 Å². The monoisotopic (exact) mass is 162 g/mol. The van der Waals surface area contributed by atoms with Crippen LogP contribution in [0.25, 0.3) is 0 Å². The van der Waals surface area contributed by atoms with Gasteiger partial charge in [-0.2, -0.15) is 0 Å². The third-order valence-corrected chi connectivity index (χ3v) is 1.33. The van der Waals surface area contributed by atoms with Crippen LogP contribution >= 0.6 is 23.5 Å². The van der Waals surface area contributed by atoms with Crippen molar-refractivity contribution in [3.8, 4) is 5.75 Å². The molecule has 9 heavy (non-hydrogen) atoms. The van der Waals surface area contributed by atoms with E-state index < -0.39 is 0 Å². The van der Waals surface area contributed by atoms with Crippen molar-refractivity contribution in [2.45, 2.75) is 0 Å². The molecule has 1 nitrogen and oxygen atoms in total. The molecular formula is C6H4Cl2O. The number of halogens is 2. The Morgan fingerprint density at radius 2 is 1.67 bits per heavy atom. The van der Waals surface area contributed by atoms with Crippen LogP contribution in [0.1, 0.15) is 0 Å². The van der Waals surface area contributed by atoms with Crippen LogP contribution in [0.5, 0.6) is 5.75 Å². The fraction of sp³-hybridized carbons (Fsp3) is 0. The summed E-state index contributed by atoms with van der Waals surface area (Å²) >= 11 is 10.6. The molecule has 0 unspecified atom stereocenters. The van der Waals surface area contributed by atoms with Crippen molar-refractivity contribution < 1.29 is 4.29 Å². The van der Waals surface area contributed by atoms with E-state index >= 15 is 0 Å². The van der Waals surface area contributed by atoms with Gasteiger partial charge in [0.1, 0.15) is 17.6 Å². The minimum atomic E-state index is 0.598. The largest absolute Gasteiger partial charge is 0.386 e. The van der Waals surface area contributed by atoms with Crippen LogP contribution in [0.4, 0.5) is 0 Å². The second-order valence-corrected chi connectivity index (χ2v) is 2.12. The first-order chi connectivity index (χ1) is 4.33. The summed E-state index contributed by atoms with van der Waals surface area (Å²) in [5.74, 6) is 0.598. The summed E-state index contributed by atoms with van der Waals surface area (Å²) in [5.41, 5.74) is 0. The van der Waals surface area contributed by atoms with Crippen LogP contribution in [-0.4, -0.2) is 0 Å². The predicted octanol–water partition coefficient (Wildman–Crippen LogP) is 2.87. The molecule has 48 valence electrons. The lowest BCUT2D eigenvalue weighted by molar-refractivity contribution is 0.619. The van der Waals surface area contributed by atoms with Gasteiger partial charge in [0.05, 0.1) is 0 Å². The first-order valence-corrected chi connectivity index (χ1v) is 3.06. The van der Waals surface area contributed by atoms with Crippen LogP contribution in [0.3, 0.4) is 0 Å². The van der Waals surface area contributed by atoms with Crippen molar-refractivity contribution in [2.75, 3.05) is 0 Å². The highest BCUT2D eigenvalue weighted by Gasteiger charge is 1.88. The molecular weight excluding hydrogens is 159 g/mol. The Hall–Kier alpha value is -0.400. The van der Waals surface area contributed by atoms with Crippen LogP contribution in [0.15, 0.2) is 24.3 Å². The highest BCUT2D eigenvalue weighted by molar-refractivity contribution is 6.30. The summed E-state index contributed by atoms with van der Waals surface area (Å²) in [6.07, 6.45) is 0. The van der Waals surface area contributed by atoms with Gasteiger partial charge < -0.3 is 4.29 Å². The molecule has 0 saturated heterocycles. The molecule has 0 radical (unpaired) electrons. The Kier molecular flexibility index (Phi) is 2.20. The maximum atomic E-state index is 5.57. The van der Waals surface area contributed by atoms with Gasteiger partial charge in [-0.05, 0) is 24.3 Å². The Labute approximate surface area is 63.3 Å². The van der Waals surface area contributed by atoms with E-state index in [-0.39, 0.29) is 0 Å². The summed E-state index contributed by atoms with van der Waals surface area (Å²) in [5, 5.41) is 0.674. The predicted molar refractivity (Wildman–Crippen MR) is 37.9 cm³/mol. The van der Waals surface area contributed by atoms with Gasteiger partial charge in [0.15, 0.2) is 0 Å². The topological polar surface area (TPSA) is 9.23 Å². The molecule has 3 heteroatoms. The second-order valence-electron chi connectivity index (χ2n) is 1.53. The normalized spacial score (nSPS) is 9.11. The zero-order valence-electron chi connectivity index (χ0n) is 4.47. The lowest BCUT2D eigenvalue weighted by atomic mass is 10.3. The van der Waals surface area contributed by atoms with Gasteiger partial charge in [-0.3, -0.25) is 0 Å². The summed E-state index contributed by atoms with van der Waals surface area (Å²) in [6.45, 7) is 0. The minimum Gasteiger partial charge on any atom is -0.386 e. The van der Waals surface area contributed by atoms with E-state index in [1.807, 2.05) is 0 Å². The highest BCUT2D eigenvalue weighted by Crippen LogP contribution is 2.15. The van der Waals surface area contributed by atoms with E-state index in [1.165, 1.54) is 0 Å². The molecule has 1 rings (SSSR count). The molecule has 0 heterocycles. The lowest BCUT2D eigenvalue weighted by Crippen LogP contribution is -1.71. The Morgan fingerprint density at radius 1 is 1.11 bits per heavy atom. The van der Waals surface area contributed by atoms with Gasteiger partial charge in [0.2, 0.25) is 0 Å². The maximum Gasteiger partial charge on any atom is 0.146 e. The van der Waals surface area contributed by atoms with E-state index in [0.717, 1.165) is 0 Å². The average Bonchev–Trinajstić information content (AvgIpc) is 1.90. The van der Waals surface area contributed by atoms with E-state index in [2.05, 4.69) is 4.29 Å². The van der Waals surface area contributed by atoms with Gasteiger partial charge >= 0.3 is 0 Å². The molecule has 0 aliphatic rings. The van der Waals surface area contributed by atoms with Crippen molar-refractivity contribution in [2.24, 2.45) is 0 Å². The number of benzene rings is 1. The SMILES string of the molecule is ClOc1ccc(Cl)cc1. The molecule has 0 saturated carbocycles. The molecule has 1 aromatic carbocycles.